The van der Waals surface area contributed by atoms with E-state index in [4.69, 9.17) is 0 Å². The van der Waals surface area contributed by atoms with Gasteiger partial charge in [0.05, 0.1) is 0 Å². The van der Waals surface area contributed by atoms with Crippen molar-refractivity contribution in [3.63, 3.8) is 0 Å². The second kappa shape index (κ2) is 7.34. The molecule has 1 N–H and O–H groups in total. The molecule has 0 spiro atoms. The zero-order valence-electron chi connectivity index (χ0n) is 12.3. The van der Waals surface area contributed by atoms with Gasteiger partial charge in [0.15, 0.2) is 0 Å². The fourth-order valence-electron chi connectivity index (χ4n) is 2.74. The van der Waals surface area contributed by atoms with E-state index in [0.29, 0.717) is 5.54 Å². The first-order valence-electron chi connectivity index (χ1n) is 7.20. The Morgan fingerprint density at radius 2 is 1.82 bits per heavy atom. The van der Waals surface area contributed by atoms with Gasteiger partial charge in [0.1, 0.15) is 0 Å². The highest BCUT2D eigenvalue weighted by atomic mass is 15.3. The molecule has 102 valence electrons. The average Bonchev–Trinajstić information content (AvgIpc) is 2.30. The van der Waals surface area contributed by atoms with Crippen molar-refractivity contribution in [2.45, 2.75) is 45.6 Å². The minimum atomic E-state index is 0.309. The summed E-state index contributed by atoms with van der Waals surface area (Å²) in [6.45, 7) is 14.1. The smallest absolute Gasteiger partial charge is 0.0281 e. The summed E-state index contributed by atoms with van der Waals surface area (Å²) < 4.78 is 0. The number of likely N-dealkylation sites (N-methyl/N-ethyl adjacent to an activating group) is 1. The van der Waals surface area contributed by atoms with Crippen molar-refractivity contribution in [2.75, 3.05) is 46.3 Å². The Labute approximate surface area is 108 Å². The number of piperazine rings is 1. The molecule has 1 heterocycles. The number of unbranched alkanes of at least 4 members (excludes halogenated alkanes) is 2. The molecule has 1 aliphatic rings. The Hall–Kier alpha value is -0.120. The third-order valence-electron chi connectivity index (χ3n) is 3.77. The number of nitrogens with one attached hydrogen (secondary N) is 1. The first-order valence-corrected chi connectivity index (χ1v) is 7.20. The Bertz CT molecular complexity index is 198. The summed E-state index contributed by atoms with van der Waals surface area (Å²) in [5, 5.41) is 3.43. The summed E-state index contributed by atoms with van der Waals surface area (Å²) >= 11 is 0. The molecule has 0 radical (unpaired) electrons. The summed E-state index contributed by atoms with van der Waals surface area (Å²) in [7, 11) is 2.26. The number of hydrogen-bond acceptors (Lipinski definition) is 3. The molecule has 0 amide bonds. The van der Waals surface area contributed by atoms with Crippen molar-refractivity contribution >= 4 is 0 Å². The fourth-order valence-corrected chi connectivity index (χ4v) is 2.74. The van der Waals surface area contributed by atoms with Gasteiger partial charge in [-0.1, -0.05) is 19.8 Å². The van der Waals surface area contributed by atoms with Gasteiger partial charge in [0.2, 0.25) is 0 Å². The third-order valence-corrected chi connectivity index (χ3v) is 3.77. The van der Waals surface area contributed by atoms with Gasteiger partial charge in [-0.25, -0.2) is 0 Å². The van der Waals surface area contributed by atoms with Crippen LogP contribution in [0.15, 0.2) is 0 Å². The van der Waals surface area contributed by atoms with Crippen molar-refractivity contribution in [3.05, 3.63) is 0 Å². The summed E-state index contributed by atoms with van der Waals surface area (Å²) in [6, 6.07) is 0. The Balaban J connectivity index is 2.30. The van der Waals surface area contributed by atoms with Gasteiger partial charge in [-0.05, 0) is 33.9 Å². The molecule has 0 unspecified atom stereocenters. The highest BCUT2D eigenvalue weighted by Gasteiger charge is 2.28. The Kier molecular flexibility index (Phi) is 6.45. The molecular formula is C14H31N3. The van der Waals surface area contributed by atoms with Gasteiger partial charge >= 0.3 is 0 Å². The van der Waals surface area contributed by atoms with Crippen molar-refractivity contribution in [1.29, 1.82) is 0 Å². The minimum absolute atomic E-state index is 0.309. The standard InChI is InChI=1S/C14H31N3/c1-5-6-7-10-16(4)13-14(2,3)17-11-8-15-9-12-17/h15H,5-13H2,1-4H3. The van der Waals surface area contributed by atoms with Crippen LogP contribution in [0.1, 0.15) is 40.0 Å². The van der Waals surface area contributed by atoms with Gasteiger partial charge in [-0.3, -0.25) is 4.90 Å². The van der Waals surface area contributed by atoms with E-state index in [1.165, 1.54) is 45.4 Å². The van der Waals surface area contributed by atoms with E-state index < -0.39 is 0 Å². The monoisotopic (exact) mass is 241 g/mol. The molecule has 1 rings (SSSR count). The second-order valence-corrected chi connectivity index (χ2v) is 5.99. The molecule has 1 fully saturated rings. The molecule has 0 aromatic heterocycles. The molecule has 3 nitrogen and oxygen atoms in total. The van der Waals surface area contributed by atoms with Crippen molar-refractivity contribution in [2.24, 2.45) is 0 Å². The summed E-state index contributed by atoms with van der Waals surface area (Å²) in [4.78, 5) is 5.12. The second-order valence-electron chi connectivity index (χ2n) is 5.99. The van der Waals surface area contributed by atoms with Gasteiger partial charge in [0, 0.05) is 38.3 Å². The molecule has 0 bridgehead atoms. The highest BCUT2D eigenvalue weighted by Crippen LogP contribution is 2.16. The molecule has 3 heteroatoms. The first-order chi connectivity index (χ1) is 8.06. The molecule has 0 saturated carbocycles. The number of rotatable bonds is 7. The van der Waals surface area contributed by atoms with E-state index >= 15 is 0 Å². The summed E-state index contributed by atoms with van der Waals surface area (Å²) in [5.74, 6) is 0. The van der Waals surface area contributed by atoms with E-state index in [9.17, 15) is 0 Å². The van der Waals surface area contributed by atoms with Crippen LogP contribution in [0.5, 0.6) is 0 Å². The van der Waals surface area contributed by atoms with Crippen LogP contribution in [0, 0.1) is 0 Å². The van der Waals surface area contributed by atoms with Crippen LogP contribution in [0.2, 0.25) is 0 Å². The van der Waals surface area contributed by atoms with E-state index in [2.05, 4.69) is 42.9 Å². The SMILES string of the molecule is CCCCCN(C)CC(C)(C)N1CCNCC1. The lowest BCUT2D eigenvalue weighted by molar-refractivity contribution is 0.0709. The van der Waals surface area contributed by atoms with Gasteiger partial charge in [0.25, 0.3) is 0 Å². The molecule has 1 aliphatic heterocycles. The predicted molar refractivity (Wildman–Crippen MR) is 75.5 cm³/mol. The normalized spacial score (nSPS) is 18.9. The lowest BCUT2D eigenvalue weighted by Crippen LogP contribution is -2.57. The molecule has 0 atom stereocenters. The highest BCUT2D eigenvalue weighted by molar-refractivity contribution is 4.87. The summed E-state index contributed by atoms with van der Waals surface area (Å²) in [5.41, 5.74) is 0.309. The lowest BCUT2D eigenvalue weighted by atomic mass is 10.0. The van der Waals surface area contributed by atoms with Crippen LogP contribution in [0.4, 0.5) is 0 Å². The Morgan fingerprint density at radius 1 is 1.18 bits per heavy atom. The van der Waals surface area contributed by atoms with Crippen LogP contribution in [0.3, 0.4) is 0 Å². The predicted octanol–water partition coefficient (Wildman–Crippen LogP) is 1.79. The number of nitrogens with zero attached hydrogens (tertiary/aromatic N) is 2. The Morgan fingerprint density at radius 3 is 2.41 bits per heavy atom. The zero-order chi connectivity index (χ0) is 12.7. The van der Waals surface area contributed by atoms with Crippen LogP contribution >= 0.6 is 0 Å². The maximum atomic E-state index is 3.43. The molecule has 0 aromatic carbocycles. The third kappa shape index (κ3) is 5.36. The van der Waals surface area contributed by atoms with Crippen molar-refractivity contribution < 1.29 is 0 Å². The molecular weight excluding hydrogens is 210 g/mol. The molecule has 1 saturated heterocycles. The first kappa shape index (κ1) is 14.9. The van der Waals surface area contributed by atoms with Gasteiger partial charge in [-0.15, -0.1) is 0 Å². The van der Waals surface area contributed by atoms with E-state index in [0.717, 1.165) is 13.1 Å². The minimum Gasteiger partial charge on any atom is -0.314 e. The molecule has 0 aliphatic carbocycles. The van der Waals surface area contributed by atoms with Crippen molar-refractivity contribution in [3.8, 4) is 0 Å². The maximum absolute atomic E-state index is 3.43. The quantitative estimate of drug-likeness (QED) is 0.686. The largest absolute Gasteiger partial charge is 0.314 e. The van der Waals surface area contributed by atoms with E-state index in [-0.39, 0.29) is 0 Å². The van der Waals surface area contributed by atoms with Crippen molar-refractivity contribution in [1.82, 2.24) is 15.1 Å². The fraction of sp³-hybridized carbons (Fsp3) is 1.00. The van der Waals surface area contributed by atoms with E-state index in [1.54, 1.807) is 0 Å². The van der Waals surface area contributed by atoms with Gasteiger partial charge in [-0.2, -0.15) is 0 Å². The van der Waals surface area contributed by atoms with Gasteiger partial charge < -0.3 is 10.2 Å². The number of hydrogen-bond donors (Lipinski definition) is 1. The van der Waals surface area contributed by atoms with Crippen LogP contribution in [0.25, 0.3) is 0 Å². The molecule has 17 heavy (non-hydrogen) atoms. The average molecular weight is 241 g/mol. The summed E-state index contributed by atoms with van der Waals surface area (Å²) in [6.07, 6.45) is 4.01. The van der Waals surface area contributed by atoms with Crippen LogP contribution < -0.4 is 5.32 Å². The van der Waals surface area contributed by atoms with Crippen LogP contribution in [-0.4, -0.2) is 61.7 Å². The maximum Gasteiger partial charge on any atom is 0.0281 e. The lowest BCUT2D eigenvalue weighted by Gasteiger charge is -2.43. The van der Waals surface area contributed by atoms with E-state index in [1.807, 2.05) is 0 Å². The molecule has 0 aromatic rings. The van der Waals surface area contributed by atoms with Crippen LogP contribution in [-0.2, 0) is 0 Å². The zero-order valence-corrected chi connectivity index (χ0v) is 12.3. The topological polar surface area (TPSA) is 18.5 Å².